The van der Waals surface area contributed by atoms with Crippen LogP contribution in [-0.4, -0.2) is 13.2 Å². The summed E-state index contributed by atoms with van der Waals surface area (Å²) in [6, 6.07) is 12.7. The summed E-state index contributed by atoms with van der Waals surface area (Å²) < 4.78 is 0. The van der Waals surface area contributed by atoms with E-state index in [1.807, 2.05) is 12.1 Å². The van der Waals surface area contributed by atoms with Gasteiger partial charge in [0.2, 0.25) is 0 Å². The number of halogens is 2. The van der Waals surface area contributed by atoms with E-state index >= 15 is 0 Å². The highest BCUT2D eigenvalue weighted by Gasteiger charge is 2.21. The molecule has 2 rings (SSSR count). The lowest BCUT2D eigenvalue weighted by atomic mass is 9.97. The summed E-state index contributed by atoms with van der Waals surface area (Å²) in [5.74, 6) is 0. The number of hydrogen-bond acceptors (Lipinski definition) is 2. The summed E-state index contributed by atoms with van der Waals surface area (Å²) in [6.45, 7) is 6.87. The zero-order chi connectivity index (χ0) is 16.5. The first kappa shape index (κ1) is 17.5. The molecule has 2 aromatic carbocycles. The van der Waals surface area contributed by atoms with Gasteiger partial charge in [0.25, 0.3) is 0 Å². The molecule has 3 N–H and O–H groups in total. The van der Waals surface area contributed by atoms with E-state index in [1.54, 1.807) is 18.2 Å². The van der Waals surface area contributed by atoms with Crippen LogP contribution < -0.4 is 10.9 Å². The van der Waals surface area contributed by atoms with Crippen molar-refractivity contribution in [2.45, 2.75) is 31.8 Å². The van der Waals surface area contributed by atoms with Crippen LogP contribution in [0, 0.1) is 0 Å². The summed E-state index contributed by atoms with van der Waals surface area (Å²) in [5, 5.41) is 12.8. The monoisotopic (exact) mass is 353 g/mol. The lowest BCUT2D eigenvalue weighted by Crippen LogP contribution is -2.37. The minimum absolute atomic E-state index is 0.441. The van der Waals surface area contributed by atoms with Crippen LogP contribution in [0.3, 0.4) is 0 Å². The number of nitrogens with two attached hydrogens (primary N) is 1. The molecule has 0 saturated carbocycles. The molecule has 0 radical (unpaired) electrons. The second-order valence-corrected chi connectivity index (χ2v) is 12.4. The first-order valence-electron chi connectivity index (χ1n) is 7.19. The summed E-state index contributed by atoms with van der Waals surface area (Å²) in [5.41, 5.74) is 7.74. The van der Waals surface area contributed by atoms with Gasteiger partial charge in [-0.2, -0.15) is 0 Å². The third-order valence-corrected chi connectivity index (χ3v) is 6.59. The molecule has 0 spiro atoms. The third-order valence-electron chi connectivity index (χ3n) is 3.79. The van der Waals surface area contributed by atoms with Gasteiger partial charge in [0.05, 0.1) is 30.3 Å². The van der Waals surface area contributed by atoms with Crippen molar-refractivity contribution in [2.75, 3.05) is 0 Å². The Kier molecular flexibility index (Phi) is 5.36. The maximum atomic E-state index is 10.5. The highest BCUT2D eigenvalue weighted by atomic mass is 35.5. The van der Waals surface area contributed by atoms with Gasteiger partial charge in [0.1, 0.15) is 0 Å². The maximum Gasteiger partial charge on any atom is 0.0982 e. The zero-order valence-corrected chi connectivity index (χ0v) is 15.5. The summed E-state index contributed by atoms with van der Waals surface area (Å²) in [7, 11) is -1.34. The van der Waals surface area contributed by atoms with Crippen molar-refractivity contribution in [3.63, 3.8) is 0 Å². The fourth-order valence-electron chi connectivity index (χ4n) is 2.29. The minimum Gasteiger partial charge on any atom is -0.386 e. The highest BCUT2D eigenvalue weighted by Crippen LogP contribution is 2.30. The number of hydrogen-bond donors (Lipinski definition) is 2. The first-order chi connectivity index (χ1) is 10.2. The van der Waals surface area contributed by atoms with E-state index in [0.717, 1.165) is 11.1 Å². The lowest BCUT2D eigenvalue weighted by molar-refractivity contribution is 0.147. The highest BCUT2D eigenvalue weighted by molar-refractivity contribution is 6.88. The van der Waals surface area contributed by atoms with Crippen LogP contribution in [-0.2, 0) is 0 Å². The molecule has 0 aliphatic rings. The second-order valence-electron chi connectivity index (χ2n) is 6.52. The zero-order valence-electron chi connectivity index (χ0n) is 13.0. The van der Waals surface area contributed by atoms with Crippen LogP contribution in [0.1, 0.15) is 23.3 Å². The topological polar surface area (TPSA) is 46.2 Å². The van der Waals surface area contributed by atoms with E-state index in [9.17, 15) is 5.11 Å². The van der Waals surface area contributed by atoms with Crippen molar-refractivity contribution in [3.8, 4) is 0 Å². The van der Waals surface area contributed by atoms with Crippen LogP contribution in [0.15, 0.2) is 42.5 Å². The van der Waals surface area contributed by atoms with E-state index in [2.05, 4.69) is 31.8 Å². The fourth-order valence-corrected chi connectivity index (χ4v) is 3.76. The Labute approximate surface area is 142 Å². The maximum absolute atomic E-state index is 10.5. The Bertz CT molecular complexity index is 653. The van der Waals surface area contributed by atoms with E-state index < -0.39 is 20.2 Å². The van der Waals surface area contributed by atoms with Crippen molar-refractivity contribution < 1.29 is 5.11 Å². The molecule has 0 fully saturated rings. The Morgan fingerprint density at radius 2 is 1.45 bits per heavy atom. The minimum atomic E-state index is -1.34. The lowest BCUT2D eigenvalue weighted by Gasteiger charge is -2.22. The Morgan fingerprint density at radius 1 is 0.909 bits per heavy atom. The van der Waals surface area contributed by atoms with E-state index in [0.29, 0.717) is 10.0 Å². The predicted molar refractivity (Wildman–Crippen MR) is 97.8 cm³/mol. The molecule has 0 unspecified atom stereocenters. The number of rotatable bonds is 4. The van der Waals surface area contributed by atoms with Gasteiger partial charge in [-0.1, -0.05) is 78.4 Å². The number of aliphatic hydroxyl groups excluding tert-OH is 1. The average molecular weight is 354 g/mol. The molecule has 2 aromatic rings. The molecule has 0 aliphatic heterocycles. The predicted octanol–water partition coefficient (Wildman–Crippen LogP) is 4.27. The molecule has 22 heavy (non-hydrogen) atoms. The molecule has 0 heterocycles. The molecular weight excluding hydrogens is 333 g/mol. The molecule has 118 valence electrons. The number of benzene rings is 2. The van der Waals surface area contributed by atoms with Gasteiger partial charge < -0.3 is 10.8 Å². The summed E-state index contributed by atoms with van der Waals surface area (Å²) in [6.07, 6.45) is -0.784. The molecule has 0 aromatic heterocycles. The largest absolute Gasteiger partial charge is 0.386 e. The van der Waals surface area contributed by atoms with E-state index in [4.69, 9.17) is 28.9 Å². The normalized spacial score (nSPS) is 14.7. The van der Waals surface area contributed by atoms with Crippen LogP contribution in [0.4, 0.5) is 0 Å². The first-order valence-corrected chi connectivity index (χ1v) is 11.4. The Morgan fingerprint density at radius 3 is 1.95 bits per heavy atom. The summed E-state index contributed by atoms with van der Waals surface area (Å²) >= 11 is 11.9. The van der Waals surface area contributed by atoms with Crippen LogP contribution in [0.5, 0.6) is 0 Å². The van der Waals surface area contributed by atoms with Gasteiger partial charge in [0.15, 0.2) is 0 Å². The van der Waals surface area contributed by atoms with Crippen molar-refractivity contribution >= 4 is 36.5 Å². The van der Waals surface area contributed by atoms with Gasteiger partial charge in [-0.3, -0.25) is 0 Å². The molecule has 5 heteroatoms. The smallest absolute Gasteiger partial charge is 0.0982 e. The van der Waals surface area contributed by atoms with Crippen LogP contribution in [0.25, 0.3) is 0 Å². The van der Waals surface area contributed by atoms with Gasteiger partial charge in [-0.25, -0.2) is 0 Å². The Hall–Kier alpha value is -0.843. The van der Waals surface area contributed by atoms with Crippen molar-refractivity contribution in [1.29, 1.82) is 0 Å². The molecule has 2 nitrogen and oxygen atoms in total. The van der Waals surface area contributed by atoms with Gasteiger partial charge in [0, 0.05) is 0 Å². The molecule has 0 aliphatic carbocycles. The quantitative estimate of drug-likeness (QED) is 0.806. The third kappa shape index (κ3) is 3.92. The van der Waals surface area contributed by atoms with E-state index in [1.165, 1.54) is 5.19 Å². The average Bonchev–Trinajstić information content (AvgIpc) is 2.48. The van der Waals surface area contributed by atoms with Gasteiger partial charge >= 0.3 is 0 Å². The standard InChI is InChI=1S/C17H21Cl2NOSi/c1-22(2,3)13-7-4-11(5-8-13)17(21)16(20)12-6-9-14(18)15(19)10-12/h4-10,16-17,21H,20H2,1-3H3/t16-,17+/m1/s1. The van der Waals surface area contributed by atoms with Crippen LogP contribution >= 0.6 is 23.2 Å². The molecule has 0 bridgehead atoms. The van der Waals surface area contributed by atoms with Crippen LogP contribution in [0.2, 0.25) is 29.7 Å². The molecule has 0 amide bonds. The molecular formula is C17H21Cl2NOSi. The molecule has 0 saturated heterocycles. The van der Waals surface area contributed by atoms with Crippen molar-refractivity contribution in [3.05, 3.63) is 63.6 Å². The van der Waals surface area contributed by atoms with Crippen molar-refractivity contribution in [1.82, 2.24) is 0 Å². The summed E-state index contributed by atoms with van der Waals surface area (Å²) in [4.78, 5) is 0. The van der Waals surface area contributed by atoms with Gasteiger partial charge in [-0.05, 0) is 23.3 Å². The second kappa shape index (κ2) is 6.73. The Balaban J connectivity index is 2.23. The fraction of sp³-hybridized carbons (Fsp3) is 0.294. The van der Waals surface area contributed by atoms with Crippen molar-refractivity contribution in [2.24, 2.45) is 5.73 Å². The molecule has 2 atom stereocenters. The SMILES string of the molecule is C[Si](C)(C)c1ccc([C@H](O)[C@H](N)c2ccc(Cl)c(Cl)c2)cc1. The number of aliphatic hydroxyl groups is 1. The van der Waals surface area contributed by atoms with E-state index in [-0.39, 0.29) is 0 Å². The van der Waals surface area contributed by atoms with Gasteiger partial charge in [-0.15, -0.1) is 0 Å².